The Morgan fingerprint density at radius 1 is 1.25 bits per heavy atom. The quantitative estimate of drug-likeness (QED) is 0.584. The Balaban J connectivity index is 2.09. The molecule has 122 valence electrons. The number of nitrogens with one attached hydrogen (secondary N) is 1. The molecule has 0 saturated heterocycles. The highest BCUT2D eigenvalue weighted by Gasteiger charge is 2.19. The second kappa shape index (κ2) is 5.73. The van der Waals surface area contributed by atoms with Crippen LogP contribution in [0.1, 0.15) is 27.5 Å². The van der Waals surface area contributed by atoms with Gasteiger partial charge in [-0.05, 0) is 32.9 Å². The largest absolute Gasteiger partial charge is 0.361 e. The van der Waals surface area contributed by atoms with Crippen LogP contribution >= 0.6 is 0 Å². The third-order valence-electron chi connectivity index (χ3n) is 3.64. The summed E-state index contributed by atoms with van der Waals surface area (Å²) in [7, 11) is 0. The molecule has 0 bridgehead atoms. The zero-order valence-corrected chi connectivity index (χ0v) is 13.3. The van der Waals surface area contributed by atoms with E-state index in [1.54, 1.807) is 32.9 Å². The van der Waals surface area contributed by atoms with Gasteiger partial charge in [0.05, 0.1) is 21.8 Å². The smallest absolute Gasteiger partial charge is 0.270 e. The van der Waals surface area contributed by atoms with E-state index in [1.807, 2.05) is 0 Å². The van der Waals surface area contributed by atoms with E-state index in [2.05, 4.69) is 15.5 Å². The number of fused-ring (bicyclic) bond motifs is 1. The van der Waals surface area contributed by atoms with Crippen molar-refractivity contribution in [2.45, 2.75) is 20.8 Å². The minimum atomic E-state index is -0.487. The lowest BCUT2D eigenvalue weighted by atomic mass is 10.1. The van der Waals surface area contributed by atoms with Crippen molar-refractivity contribution in [2.75, 3.05) is 5.32 Å². The first kappa shape index (κ1) is 15.6. The fourth-order valence-electron chi connectivity index (χ4n) is 2.56. The van der Waals surface area contributed by atoms with Crippen LogP contribution in [0.3, 0.4) is 0 Å². The number of nitro groups is 1. The number of anilines is 1. The van der Waals surface area contributed by atoms with E-state index in [9.17, 15) is 14.9 Å². The average Bonchev–Trinajstić information content (AvgIpc) is 2.85. The van der Waals surface area contributed by atoms with Crippen molar-refractivity contribution in [3.05, 3.63) is 57.1 Å². The summed E-state index contributed by atoms with van der Waals surface area (Å²) in [4.78, 5) is 27.4. The average molecular weight is 326 g/mol. The van der Waals surface area contributed by atoms with Crippen molar-refractivity contribution < 1.29 is 14.2 Å². The highest BCUT2D eigenvalue weighted by Crippen LogP contribution is 2.28. The highest BCUT2D eigenvalue weighted by molar-refractivity contribution is 6.09. The Hall–Kier alpha value is -3.29. The van der Waals surface area contributed by atoms with Crippen LogP contribution in [-0.4, -0.2) is 21.0 Å². The van der Waals surface area contributed by atoms with E-state index in [4.69, 9.17) is 4.52 Å². The number of non-ortho nitro benzene ring substituents is 1. The van der Waals surface area contributed by atoms with Crippen molar-refractivity contribution >= 4 is 28.2 Å². The number of nitrogens with zero attached hydrogens (tertiary/aromatic N) is 3. The van der Waals surface area contributed by atoms with Crippen LogP contribution < -0.4 is 5.32 Å². The topological polar surface area (TPSA) is 111 Å². The number of carbonyl (C=O) groups excluding carboxylic acids is 1. The molecule has 1 aromatic carbocycles. The molecule has 0 fully saturated rings. The van der Waals surface area contributed by atoms with E-state index < -0.39 is 4.92 Å². The molecule has 0 radical (unpaired) electrons. The maximum absolute atomic E-state index is 12.5. The predicted octanol–water partition coefficient (Wildman–Crippen LogP) is 3.31. The minimum absolute atomic E-state index is 0.0685. The standard InChI is InChI=1S/C16H14N4O4/c1-8-6-14(18-16(21)15-9(2)19-24-10(15)3)12-7-11(20(22)23)4-5-13(12)17-8/h4-7H,1-3H3,(H,17,18,21). The number of benzene rings is 1. The molecule has 0 aliphatic carbocycles. The van der Waals surface area contributed by atoms with Gasteiger partial charge in [-0.3, -0.25) is 19.9 Å². The number of aryl methyl sites for hydroxylation is 3. The van der Waals surface area contributed by atoms with Crippen LogP contribution in [0.2, 0.25) is 0 Å². The first-order chi connectivity index (χ1) is 11.4. The van der Waals surface area contributed by atoms with Gasteiger partial charge in [-0.15, -0.1) is 0 Å². The third-order valence-corrected chi connectivity index (χ3v) is 3.64. The molecule has 3 rings (SSSR count). The Morgan fingerprint density at radius 2 is 2.00 bits per heavy atom. The second-order valence-electron chi connectivity index (χ2n) is 5.42. The van der Waals surface area contributed by atoms with Gasteiger partial charge in [0.15, 0.2) is 0 Å². The molecule has 0 unspecified atom stereocenters. The maximum Gasteiger partial charge on any atom is 0.270 e. The van der Waals surface area contributed by atoms with E-state index >= 15 is 0 Å². The third kappa shape index (κ3) is 2.69. The summed E-state index contributed by atoms with van der Waals surface area (Å²) in [5, 5.41) is 18.0. The lowest BCUT2D eigenvalue weighted by Gasteiger charge is -2.09. The Morgan fingerprint density at radius 3 is 2.62 bits per heavy atom. The van der Waals surface area contributed by atoms with E-state index in [1.165, 1.54) is 12.1 Å². The van der Waals surface area contributed by atoms with Gasteiger partial charge in [-0.2, -0.15) is 0 Å². The van der Waals surface area contributed by atoms with Gasteiger partial charge >= 0.3 is 0 Å². The summed E-state index contributed by atoms with van der Waals surface area (Å²) in [5.41, 5.74) is 2.46. The minimum Gasteiger partial charge on any atom is -0.361 e. The van der Waals surface area contributed by atoms with Gasteiger partial charge in [-0.1, -0.05) is 5.16 Å². The molecule has 2 aromatic heterocycles. The summed E-state index contributed by atoms with van der Waals surface area (Å²) in [6.45, 7) is 5.11. The number of aromatic nitrogens is 2. The lowest BCUT2D eigenvalue weighted by Crippen LogP contribution is -2.14. The summed E-state index contributed by atoms with van der Waals surface area (Å²) >= 11 is 0. The molecule has 0 spiro atoms. The summed E-state index contributed by atoms with van der Waals surface area (Å²) in [6, 6.07) is 6.01. The second-order valence-corrected chi connectivity index (χ2v) is 5.42. The lowest BCUT2D eigenvalue weighted by molar-refractivity contribution is -0.384. The van der Waals surface area contributed by atoms with Gasteiger partial charge in [-0.25, -0.2) is 0 Å². The fraction of sp³-hybridized carbons (Fsp3) is 0.188. The highest BCUT2D eigenvalue weighted by atomic mass is 16.6. The maximum atomic E-state index is 12.5. The fourth-order valence-corrected chi connectivity index (χ4v) is 2.56. The molecule has 2 heterocycles. The van der Waals surface area contributed by atoms with Crippen molar-refractivity contribution in [3.63, 3.8) is 0 Å². The molecular weight excluding hydrogens is 312 g/mol. The molecule has 24 heavy (non-hydrogen) atoms. The van der Waals surface area contributed by atoms with E-state index in [0.29, 0.717) is 39.3 Å². The number of hydrogen-bond acceptors (Lipinski definition) is 6. The van der Waals surface area contributed by atoms with Gasteiger partial charge in [0.2, 0.25) is 0 Å². The number of amides is 1. The first-order valence-corrected chi connectivity index (χ1v) is 7.17. The monoisotopic (exact) mass is 326 g/mol. The van der Waals surface area contributed by atoms with Crippen molar-refractivity contribution in [1.29, 1.82) is 0 Å². The SMILES string of the molecule is Cc1cc(NC(=O)c2c(C)noc2C)c2cc([N+](=O)[O-])ccc2n1. The van der Waals surface area contributed by atoms with Crippen LogP contribution in [0.5, 0.6) is 0 Å². The molecule has 8 heteroatoms. The molecule has 0 aliphatic heterocycles. The molecule has 0 atom stereocenters. The molecule has 0 saturated carbocycles. The van der Waals surface area contributed by atoms with Gasteiger partial charge < -0.3 is 9.84 Å². The van der Waals surface area contributed by atoms with Crippen LogP contribution in [0, 0.1) is 30.9 Å². The molecule has 3 aromatic rings. The molecule has 1 amide bonds. The van der Waals surface area contributed by atoms with Gasteiger partial charge in [0, 0.05) is 23.2 Å². The molecule has 0 aliphatic rings. The van der Waals surface area contributed by atoms with Crippen LogP contribution in [0.4, 0.5) is 11.4 Å². The first-order valence-electron chi connectivity index (χ1n) is 7.17. The number of nitro benzene ring substituents is 1. The van der Waals surface area contributed by atoms with Crippen molar-refractivity contribution in [2.24, 2.45) is 0 Å². The molecular formula is C16H14N4O4. The van der Waals surface area contributed by atoms with Crippen molar-refractivity contribution in [1.82, 2.24) is 10.1 Å². The zero-order chi connectivity index (χ0) is 17.4. The van der Waals surface area contributed by atoms with Crippen LogP contribution in [-0.2, 0) is 0 Å². The number of hydrogen-bond donors (Lipinski definition) is 1. The van der Waals surface area contributed by atoms with Gasteiger partial charge in [0.1, 0.15) is 11.3 Å². The zero-order valence-electron chi connectivity index (χ0n) is 13.3. The Bertz CT molecular complexity index is 958. The van der Waals surface area contributed by atoms with Crippen LogP contribution in [0.15, 0.2) is 28.8 Å². The Kier molecular flexibility index (Phi) is 3.72. The summed E-state index contributed by atoms with van der Waals surface area (Å²) in [6.07, 6.45) is 0. The number of carbonyl (C=O) groups is 1. The summed E-state index contributed by atoms with van der Waals surface area (Å²) < 4.78 is 5.00. The van der Waals surface area contributed by atoms with Gasteiger partial charge in [0.25, 0.3) is 11.6 Å². The molecule has 1 N–H and O–H groups in total. The molecule has 8 nitrogen and oxygen atoms in total. The number of rotatable bonds is 3. The van der Waals surface area contributed by atoms with Crippen LogP contribution in [0.25, 0.3) is 10.9 Å². The predicted molar refractivity (Wildman–Crippen MR) is 87.1 cm³/mol. The summed E-state index contributed by atoms with van der Waals surface area (Å²) in [5.74, 6) is 0.0238. The normalized spacial score (nSPS) is 10.8. The van der Waals surface area contributed by atoms with E-state index in [0.717, 1.165) is 0 Å². The van der Waals surface area contributed by atoms with E-state index in [-0.39, 0.29) is 11.6 Å². The number of pyridine rings is 1. The van der Waals surface area contributed by atoms with Crippen molar-refractivity contribution in [3.8, 4) is 0 Å². The Labute approximate surface area is 136 Å².